The monoisotopic (exact) mass is 306 g/mol. The number of hydrogen-bond donors (Lipinski definition) is 1. The Morgan fingerprint density at radius 1 is 1.14 bits per heavy atom. The first-order chi connectivity index (χ1) is 10.2. The minimum atomic E-state index is -0.889. The van der Waals surface area contributed by atoms with Crippen LogP contribution in [0.15, 0.2) is 36.4 Å². The summed E-state index contributed by atoms with van der Waals surface area (Å²) in [6.45, 7) is 2.53. The summed E-state index contributed by atoms with van der Waals surface area (Å²) in [7, 11) is 0. The van der Waals surface area contributed by atoms with Crippen molar-refractivity contribution in [2.75, 3.05) is 11.9 Å². The summed E-state index contributed by atoms with van der Waals surface area (Å²) in [6, 6.07) is 9.29. The molecule has 21 heavy (non-hydrogen) atoms. The molecule has 2 aromatic carbocycles. The highest BCUT2D eigenvalue weighted by atomic mass is 32.1. The van der Waals surface area contributed by atoms with Crippen molar-refractivity contribution in [3.63, 3.8) is 0 Å². The van der Waals surface area contributed by atoms with Crippen molar-refractivity contribution < 1.29 is 13.5 Å². The number of halogens is 2. The molecule has 1 heterocycles. The molecule has 0 saturated heterocycles. The Balaban J connectivity index is 1.88. The zero-order valence-corrected chi connectivity index (χ0v) is 12.0. The lowest BCUT2D eigenvalue weighted by molar-refractivity contribution is 0.341. The highest BCUT2D eigenvalue weighted by Gasteiger charge is 2.07. The summed E-state index contributed by atoms with van der Waals surface area (Å²) in [4.78, 5) is 4.40. The third-order valence-electron chi connectivity index (χ3n) is 2.84. The van der Waals surface area contributed by atoms with E-state index in [2.05, 4.69) is 10.3 Å². The number of benzene rings is 2. The van der Waals surface area contributed by atoms with Crippen molar-refractivity contribution in [1.82, 2.24) is 4.98 Å². The van der Waals surface area contributed by atoms with Gasteiger partial charge in [0.25, 0.3) is 0 Å². The van der Waals surface area contributed by atoms with E-state index < -0.39 is 11.6 Å². The molecule has 0 aliphatic rings. The van der Waals surface area contributed by atoms with E-state index in [1.165, 1.54) is 17.4 Å². The molecule has 3 rings (SSSR count). The summed E-state index contributed by atoms with van der Waals surface area (Å²) in [5.74, 6) is -0.973. The van der Waals surface area contributed by atoms with Gasteiger partial charge < -0.3 is 10.1 Å². The van der Waals surface area contributed by atoms with Crippen LogP contribution in [0.2, 0.25) is 0 Å². The fourth-order valence-electron chi connectivity index (χ4n) is 1.91. The van der Waals surface area contributed by atoms with Crippen molar-refractivity contribution >= 4 is 32.4 Å². The van der Waals surface area contributed by atoms with Crippen LogP contribution in [0.4, 0.5) is 19.6 Å². The minimum absolute atomic E-state index is 0.456. The topological polar surface area (TPSA) is 34.1 Å². The molecule has 0 amide bonds. The maximum atomic E-state index is 13.2. The van der Waals surface area contributed by atoms with Gasteiger partial charge in [-0.05, 0) is 37.3 Å². The van der Waals surface area contributed by atoms with Crippen LogP contribution in [-0.4, -0.2) is 11.6 Å². The SMILES string of the molecule is CCOc1ccc2nc(Nc3ccc(F)c(F)c3)sc2c1. The molecule has 6 heteroatoms. The van der Waals surface area contributed by atoms with E-state index in [1.54, 1.807) is 0 Å². The van der Waals surface area contributed by atoms with E-state index in [0.29, 0.717) is 17.4 Å². The summed E-state index contributed by atoms with van der Waals surface area (Å²) in [5.41, 5.74) is 1.28. The van der Waals surface area contributed by atoms with Crippen LogP contribution in [0.3, 0.4) is 0 Å². The van der Waals surface area contributed by atoms with Crippen LogP contribution in [0.1, 0.15) is 6.92 Å². The van der Waals surface area contributed by atoms with Gasteiger partial charge in [-0.1, -0.05) is 11.3 Å². The molecule has 0 fully saturated rings. The first kappa shape index (κ1) is 13.8. The Hall–Kier alpha value is -2.21. The van der Waals surface area contributed by atoms with Gasteiger partial charge in [0.15, 0.2) is 16.8 Å². The number of ether oxygens (including phenoxy) is 1. The van der Waals surface area contributed by atoms with E-state index in [1.807, 2.05) is 25.1 Å². The largest absolute Gasteiger partial charge is 0.494 e. The van der Waals surface area contributed by atoms with Crippen molar-refractivity contribution in [3.05, 3.63) is 48.0 Å². The number of fused-ring (bicyclic) bond motifs is 1. The fourth-order valence-corrected chi connectivity index (χ4v) is 2.83. The van der Waals surface area contributed by atoms with Crippen molar-refractivity contribution in [2.45, 2.75) is 6.92 Å². The molecule has 108 valence electrons. The van der Waals surface area contributed by atoms with Crippen molar-refractivity contribution in [3.8, 4) is 5.75 Å². The van der Waals surface area contributed by atoms with E-state index in [9.17, 15) is 8.78 Å². The smallest absolute Gasteiger partial charge is 0.188 e. The Kier molecular flexibility index (Phi) is 3.70. The molecule has 0 spiro atoms. The lowest BCUT2D eigenvalue weighted by Crippen LogP contribution is -1.91. The lowest BCUT2D eigenvalue weighted by Gasteiger charge is -2.02. The van der Waals surface area contributed by atoms with E-state index in [-0.39, 0.29) is 0 Å². The predicted octanol–water partition coefficient (Wildman–Crippen LogP) is 4.72. The molecule has 1 aromatic heterocycles. The number of nitrogens with one attached hydrogen (secondary N) is 1. The highest BCUT2D eigenvalue weighted by Crippen LogP contribution is 2.31. The molecule has 0 aliphatic heterocycles. The van der Waals surface area contributed by atoms with E-state index >= 15 is 0 Å². The molecule has 1 N–H and O–H groups in total. The zero-order chi connectivity index (χ0) is 14.8. The summed E-state index contributed by atoms with van der Waals surface area (Å²) < 4.78 is 32.5. The van der Waals surface area contributed by atoms with Gasteiger partial charge in [-0.2, -0.15) is 0 Å². The normalized spacial score (nSPS) is 10.8. The van der Waals surface area contributed by atoms with Gasteiger partial charge in [0.2, 0.25) is 0 Å². The van der Waals surface area contributed by atoms with Crippen LogP contribution in [0, 0.1) is 11.6 Å². The Labute approximate surface area is 124 Å². The van der Waals surface area contributed by atoms with Crippen LogP contribution < -0.4 is 10.1 Å². The highest BCUT2D eigenvalue weighted by molar-refractivity contribution is 7.22. The summed E-state index contributed by atoms with van der Waals surface area (Å²) in [5, 5.41) is 3.59. The summed E-state index contributed by atoms with van der Waals surface area (Å²) >= 11 is 1.42. The van der Waals surface area contributed by atoms with Crippen LogP contribution >= 0.6 is 11.3 Å². The number of anilines is 2. The van der Waals surface area contributed by atoms with Crippen molar-refractivity contribution in [2.24, 2.45) is 0 Å². The van der Waals surface area contributed by atoms with Crippen LogP contribution in [0.25, 0.3) is 10.2 Å². The zero-order valence-electron chi connectivity index (χ0n) is 11.2. The van der Waals surface area contributed by atoms with E-state index in [0.717, 1.165) is 28.1 Å². The molecule has 0 unspecified atom stereocenters. The van der Waals surface area contributed by atoms with Gasteiger partial charge >= 0.3 is 0 Å². The molecule has 0 radical (unpaired) electrons. The number of rotatable bonds is 4. The Morgan fingerprint density at radius 3 is 2.76 bits per heavy atom. The Bertz CT molecular complexity index is 788. The third-order valence-corrected chi connectivity index (χ3v) is 3.78. The number of hydrogen-bond acceptors (Lipinski definition) is 4. The number of thiazole rings is 1. The first-order valence-electron chi connectivity index (χ1n) is 6.41. The molecule has 3 nitrogen and oxygen atoms in total. The third kappa shape index (κ3) is 2.95. The summed E-state index contributed by atoms with van der Waals surface area (Å²) in [6.07, 6.45) is 0. The van der Waals surface area contributed by atoms with Crippen LogP contribution in [-0.2, 0) is 0 Å². The minimum Gasteiger partial charge on any atom is -0.494 e. The second kappa shape index (κ2) is 5.65. The molecular formula is C15H12F2N2OS. The second-order valence-corrected chi connectivity index (χ2v) is 5.37. The maximum absolute atomic E-state index is 13.2. The molecule has 0 aliphatic carbocycles. The average Bonchev–Trinajstić information content (AvgIpc) is 2.85. The standard InChI is InChI=1S/C15H12F2N2OS/c1-2-20-10-4-6-13-14(8-10)21-15(19-13)18-9-3-5-11(16)12(17)7-9/h3-8H,2H2,1H3,(H,18,19). The molecule has 0 atom stereocenters. The van der Waals surface area contributed by atoms with Crippen LogP contribution in [0.5, 0.6) is 5.75 Å². The van der Waals surface area contributed by atoms with Crippen molar-refractivity contribution in [1.29, 1.82) is 0 Å². The fraction of sp³-hybridized carbons (Fsp3) is 0.133. The molecule has 0 bridgehead atoms. The van der Waals surface area contributed by atoms with Gasteiger partial charge in [-0.3, -0.25) is 0 Å². The van der Waals surface area contributed by atoms with E-state index in [4.69, 9.17) is 4.74 Å². The Morgan fingerprint density at radius 2 is 2.00 bits per heavy atom. The molecular weight excluding hydrogens is 294 g/mol. The lowest BCUT2D eigenvalue weighted by atomic mass is 10.3. The number of nitrogens with zero attached hydrogens (tertiary/aromatic N) is 1. The van der Waals surface area contributed by atoms with Gasteiger partial charge in [0.05, 0.1) is 16.8 Å². The second-order valence-electron chi connectivity index (χ2n) is 4.34. The number of aromatic nitrogens is 1. The quantitative estimate of drug-likeness (QED) is 0.757. The molecule has 0 saturated carbocycles. The first-order valence-corrected chi connectivity index (χ1v) is 7.23. The van der Waals surface area contributed by atoms with Gasteiger partial charge in [0.1, 0.15) is 5.75 Å². The molecule has 3 aromatic rings. The van der Waals surface area contributed by atoms with Gasteiger partial charge in [0, 0.05) is 11.8 Å². The average molecular weight is 306 g/mol. The van der Waals surface area contributed by atoms with Gasteiger partial charge in [-0.15, -0.1) is 0 Å². The maximum Gasteiger partial charge on any atom is 0.188 e. The van der Waals surface area contributed by atoms with Gasteiger partial charge in [-0.25, -0.2) is 13.8 Å². The predicted molar refractivity (Wildman–Crippen MR) is 80.4 cm³/mol.